The van der Waals surface area contributed by atoms with E-state index in [4.69, 9.17) is 0 Å². The van der Waals surface area contributed by atoms with E-state index in [0.29, 0.717) is 5.92 Å². The second kappa shape index (κ2) is 8.08. The lowest BCUT2D eigenvalue weighted by atomic mass is 10.0. The molecule has 0 radical (unpaired) electrons. The van der Waals surface area contributed by atoms with E-state index in [9.17, 15) is 4.79 Å². The molecule has 1 atom stereocenters. The molecule has 1 heterocycles. The Labute approximate surface area is 120 Å². The molecule has 0 spiro atoms. The van der Waals surface area contributed by atoms with Gasteiger partial charge in [-0.3, -0.25) is 4.79 Å². The van der Waals surface area contributed by atoms with Gasteiger partial charge in [-0.2, -0.15) is 3.22 Å². The molecule has 1 aliphatic rings. The maximum Gasteiger partial charge on any atom is 0.149 e. The molecule has 0 aromatic carbocycles. The Balaban J connectivity index is 0.00000121. The van der Waals surface area contributed by atoms with E-state index in [1.165, 1.54) is 0 Å². The molecule has 1 unspecified atom stereocenters. The summed E-state index contributed by atoms with van der Waals surface area (Å²) in [5, 5.41) is 2.14. The molecule has 0 amide bonds. The van der Waals surface area contributed by atoms with E-state index in [-0.39, 0.29) is 11.8 Å². The highest BCUT2D eigenvalue weighted by molar-refractivity contribution is 14.1. The molecule has 1 aliphatic heterocycles. The molecule has 1 saturated heterocycles. The highest BCUT2D eigenvalue weighted by Crippen LogP contribution is 2.28. The second-order valence-electron chi connectivity index (χ2n) is 4.33. The highest BCUT2D eigenvalue weighted by atomic mass is 127. The van der Waals surface area contributed by atoms with Crippen LogP contribution in [0.2, 0.25) is 0 Å². The normalized spacial score (nSPS) is 20.9. The van der Waals surface area contributed by atoms with Crippen LogP contribution in [0.25, 0.3) is 0 Å². The van der Waals surface area contributed by atoms with E-state index in [0.717, 1.165) is 25.1 Å². The lowest BCUT2D eigenvalue weighted by Gasteiger charge is -2.42. The standard InChI is InChI=1S/C11H19IN2O.C2H6/c1-8(2)9(3)13-7-5-6-11(10(4)15)14(13)12;1-2/h8,11H,3,5-7H2,1-2,4H3;1-2H3. The Morgan fingerprint density at radius 3 is 2.35 bits per heavy atom. The number of Topliss-reactive ketones (excluding diaryl/α,β-unsaturated/α-hetero) is 1. The number of carbonyl (C=O) groups excluding carboxylic acids is 1. The number of carbonyl (C=O) groups is 1. The van der Waals surface area contributed by atoms with E-state index >= 15 is 0 Å². The number of ketones is 1. The summed E-state index contributed by atoms with van der Waals surface area (Å²) in [4.78, 5) is 11.4. The summed E-state index contributed by atoms with van der Waals surface area (Å²) in [6.45, 7) is 15.0. The highest BCUT2D eigenvalue weighted by Gasteiger charge is 2.31. The van der Waals surface area contributed by atoms with Gasteiger partial charge in [0.2, 0.25) is 0 Å². The van der Waals surface area contributed by atoms with Crippen molar-refractivity contribution in [1.29, 1.82) is 0 Å². The minimum Gasteiger partial charge on any atom is -0.301 e. The zero-order chi connectivity index (χ0) is 13.6. The molecular formula is C13H25IN2O. The first kappa shape index (κ1) is 16.9. The minimum absolute atomic E-state index is 0.0230. The number of halogens is 1. The molecule has 17 heavy (non-hydrogen) atoms. The summed E-state index contributed by atoms with van der Waals surface area (Å²) >= 11 is 2.22. The maximum absolute atomic E-state index is 11.4. The van der Waals surface area contributed by atoms with Gasteiger partial charge in [0, 0.05) is 35.1 Å². The summed E-state index contributed by atoms with van der Waals surface area (Å²) in [6.07, 6.45) is 2.02. The fraction of sp³-hybridized carbons (Fsp3) is 0.769. The van der Waals surface area contributed by atoms with Crippen molar-refractivity contribution in [1.82, 2.24) is 8.23 Å². The van der Waals surface area contributed by atoms with E-state index < -0.39 is 0 Å². The Hall–Kier alpha value is -0.100. The van der Waals surface area contributed by atoms with Gasteiger partial charge in [-0.05, 0) is 25.7 Å². The van der Waals surface area contributed by atoms with Gasteiger partial charge in [-0.15, -0.1) is 0 Å². The molecule has 0 aromatic heterocycles. The Kier molecular flexibility index (Phi) is 8.03. The van der Waals surface area contributed by atoms with Gasteiger partial charge in [-0.1, -0.05) is 34.3 Å². The Bertz CT molecular complexity index is 266. The quantitative estimate of drug-likeness (QED) is 0.570. The molecule has 1 rings (SSSR count). The lowest BCUT2D eigenvalue weighted by Crippen LogP contribution is -2.49. The third-order valence-corrected chi connectivity index (χ3v) is 4.00. The van der Waals surface area contributed by atoms with Crippen LogP contribution >= 0.6 is 22.9 Å². The summed E-state index contributed by atoms with van der Waals surface area (Å²) in [5.41, 5.74) is 1.09. The van der Waals surface area contributed by atoms with Gasteiger partial charge >= 0.3 is 0 Å². The predicted octanol–water partition coefficient (Wildman–Crippen LogP) is 3.80. The van der Waals surface area contributed by atoms with Crippen molar-refractivity contribution in [3.05, 3.63) is 12.3 Å². The fourth-order valence-electron chi connectivity index (χ4n) is 1.72. The van der Waals surface area contributed by atoms with Crippen LogP contribution in [0.3, 0.4) is 0 Å². The first-order valence-corrected chi connectivity index (χ1v) is 7.33. The molecule has 0 aliphatic carbocycles. The van der Waals surface area contributed by atoms with Crippen LogP contribution in [0.4, 0.5) is 0 Å². The largest absolute Gasteiger partial charge is 0.301 e. The average Bonchev–Trinajstić information content (AvgIpc) is 2.30. The van der Waals surface area contributed by atoms with E-state index in [1.807, 2.05) is 17.1 Å². The molecule has 0 N–H and O–H groups in total. The third kappa shape index (κ3) is 4.58. The number of hydrazine groups is 1. The Morgan fingerprint density at radius 1 is 1.41 bits per heavy atom. The van der Waals surface area contributed by atoms with Crippen molar-refractivity contribution in [3.8, 4) is 0 Å². The molecule has 0 aromatic rings. The van der Waals surface area contributed by atoms with Crippen LogP contribution in [0.5, 0.6) is 0 Å². The summed E-state index contributed by atoms with van der Waals surface area (Å²) < 4.78 is 2.02. The SMILES string of the molecule is C=C(C(C)C)N1CCCC(C(C)=O)N1I.CC. The monoisotopic (exact) mass is 352 g/mol. The van der Waals surface area contributed by atoms with Gasteiger partial charge in [0.05, 0.1) is 6.04 Å². The van der Waals surface area contributed by atoms with E-state index in [1.54, 1.807) is 6.92 Å². The van der Waals surface area contributed by atoms with Crippen LogP contribution in [-0.2, 0) is 4.79 Å². The number of hydrogen-bond donors (Lipinski definition) is 0. The Morgan fingerprint density at radius 2 is 1.94 bits per heavy atom. The topological polar surface area (TPSA) is 23.6 Å². The lowest BCUT2D eigenvalue weighted by molar-refractivity contribution is -0.124. The fourth-order valence-corrected chi connectivity index (χ4v) is 2.89. The van der Waals surface area contributed by atoms with Crippen LogP contribution in [-0.4, -0.2) is 26.6 Å². The predicted molar refractivity (Wildman–Crippen MR) is 81.6 cm³/mol. The first-order chi connectivity index (χ1) is 7.95. The maximum atomic E-state index is 11.4. The minimum atomic E-state index is 0.0230. The van der Waals surface area contributed by atoms with Crippen molar-refractivity contribution in [2.75, 3.05) is 6.54 Å². The average molecular weight is 352 g/mol. The summed E-state index contributed by atoms with van der Waals surface area (Å²) in [5.74, 6) is 0.665. The van der Waals surface area contributed by atoms with Crippen molar-refractivity contribution in [2.24, 2.45) is 5.92 Å². The summed E-state index contributed by atoms with van der Waals surface area (Å²) in [7, 11) is 0. The van der Waals surface area contributed by atoms with Crippen LogP contribution in [0, 0.1) is 5.92 Å². The molecule has 3 nitrogen and oxygen atoms in total. The van der Waals surface area contributed by atoms with Crippen LogP contribution < -0.4 is 0 Å². The van der Waals surface area contributed by atoms with Crippen molar-refractivity contribution < 1.29 is 4.79 Å². The van der Waals surface area contributed by atoms with Crippen molar-refractivity contribution in [3.63, 3.8) is 0 Å². The van der Waals surface area contributed by atoms with Gasteiger partial charge in [-0.25, -0.2) is 0 Å². The van der Waals surface area contributed by atoms with Crippen LogP contribution in [0.1, 0.15) is 47.5 Å². The third-order valence-electron chi connectivity index (χ3n) is 2.80. The molecule has 4 heteroatoms. The summed E-state index contributed by atoms with van der Waals surface area (Å²) in [6, 6.07) is 0.0230. The first-order valence-electron chi connectivity index (χ1n) is 6.37. The molecule has 0 saturated carbocycles. The number of nitrogens with zero attached hydrogens (tertiary/aromatic N) is 2. The molecular weight excluding hydrogens is 327 g/mol. The number of rotatable bonds is 3. The van der Waals surface area contributed by atoms with E-state index in [2.05, 4.69) is 48.3 Å². The second-order valence-corrected chi connectivity index (χ2v) is 5.32. The molecule has 0 bridgehead atoms. The van der Waals surface area contributed by atoms with Gasteiger partial charge in [0.1, 0.15) is 5.78 Å². The van der Waals surface area contributed by atoms with Crippen molar-refractivity contribution in [2.45, 2.75) is 53.5 Å². The van der Waals surface area contributed by atoms with Gasteiger partial charge < -0.3 is 5.01 Å². The van der Waals surface area contributed by atoms with Gasteiger partial charge in [0.15, 0.2) is 0 Å². The number of hydrogen-bond acceptors (Lipinski definition) is 3. The van der Waals surface area contributed by atoms with Crippen LogP contribution in [0.15, 0.2) is 12.3 Å². The smallest absolute Gasteiger partial charge is 0.149 e. The zero-order valence-electron chi connectivity index (χ0n) is 11.7. The zero-order valence-corrected chi connectivity index (χ0v) is 13.8. The van der Waals surface area contributed by atoms with Crippen molar-refractivity contribution >= 4 is 28.6 Å². The molecule has 1 fully saturated rings. The van der Waals surface area contributed by atoms with Gasteiger partial charge in [0.25, 0.3) is 0 Å². The molecule has 100 valence electrons. The number of allylic oxidation sites excluding steroid dienone is 1.